The fourth-order valence-corrected chi connectivity index (χ4v) is 2.85. The molecule has 1 aromatic carbocycles. The van der Waals surface area contributed by atoms with E-state index in [4.69, 9.17) is 15.2 Å². The Labute approximate surface area is 148 Å². The molecule has 3 N–H and O–H groups in total. The summed E-state index contributed by atoms with van der Waals surface area (Å²) in [5.74, 6) is 2.73. The molecule has 0 saturated heterocycles. The Morgan fingerprint density at radius 2 is 1.86 bits per heavy atom. The average Bonchev–Trinajstić information content (AvgIpc) is 2.90. The highest BCUT2D eigenvalue weighted by atomic mass is 127. The predicted molar refractivity (Wildman–Crippen MR) is 99.5 cm³/mol. The van der Waals surface area contributed by atoms with E-state index in [2.05, 4.69) is 10.3 Å². The number of anilines is 1. The first-order chi connectivity index (χ1) is 10.3. The Hall–Kier alpha value is -1.18. The van der Waals surface area contributed by atoms with E-state index in [0.29, 0.717) is 25.1 Å². The van der Waals surface area contributed by atoms with Crippen molar-refractivity contribution in [1.82, 2.24) is 0 Å². The standard InChI is InChI=1S/C16H23N3O2.HI/c17-16(18-11-12-4-1-2-5-12)19-13-6-7-14-15(10-13)21-9-3-8-20-14;/h6-7,10,12H,1-5,8-9,11H2,(H3,17,18,19);1H. The van der Waals surface area contributed by atoms with E-state index in [-0.39, 0.29) is 24.0 Å². The van der Waals surface area contributed by atoms with Gasteiger partial charge in [-0.2, -0.15) is 0 Å². The van der Waals surface area contributed by atoms with Crippen LogP contribution in [0.15, 0.2) is 23.2 Å². The molecule has 0 spiro atoms. The topological polar surface area (TPSA) is 68.9 Å². The first-order valence-electron chi connectivity index (χ1n) is 7.78. The molecule has 0 bridgehead atoms. The van der Waals surface area contributed by atoms with Gasteiger partial charge in [0.05, 0.1) is 13.2 Å². The molecule has 1 aromatic rings. The van der Waals surface area contributed by atoms with Crippen LogP contribution in [0.4, 0.5) is 5.69 Å². The zero-order valence-electron chi connectivity index (χ0n) is 12.7. The average molecular weight is 417 g/mol. The molecule has 0 unspecified atom stereocenters. The van der Waals surface area contributed by atoms with Crippen molar-refractivity contribution in [2.24, 2.45) is 16.6 Å². The predicted octanol–water partition coefficient (Wildman–Crippen LogP) is 3.38. The van der Waals surface area contributed by atoms with Crippen LogP contribution >= 0.6 is 24.0 Å². The third kappa shape index (κ3) is 4.66. The Balaban J connectivity index is 0.00000176. The minimum atomic E-state index is 0. The molecule has 1 aliphatic heterocycles. The first kappa shape index (κ1) is 17.2. The molecule has 1 heterocycles. The number of hydrogen-bond donors (Lipinski definition) is 2. The van der Waals surface area contributed by atoms with E-state index in [1.807, 2.05) is 18.2 Å². The second-order valence-corrected chi connectivity index (χ2v) is 5.71. The van der Waals surface area contributed by atoms with E-state index >= 15 is 0 Å². The molecule has 0 atom stereocenters. The van der Waals surface area contributed by atoms with Crippen molar-refractivity contribution in [3.8, 4) is 11.5 Å². The SMILES string of the molecule is I.NC(=NCC1CCCC1)Nc1ccc2c(c1)OCCCO2. The molecule has 22 heavy (non-hydrogen) atoms. The van der Waals surface area contributed by atoms with Crippen molar-refractivity contribution in [3.63, 3.8) is 0 Å². The summed E-state index contributed by atoms with van der Waals surface area (Å²) in [5, 5.41) is 3.13. The summed E-state index contributed by atoms with van der Waals surface area (Å²) in [5.41, 5.74) is 6.84. The molecule has 3 rings (SSSR count). The van der Waals surface area contributed by atoms with Crippen molar-refractivity contribution in [2.75, 3.05) is 25.1 Å². The lowest BCUT2D eigenvalue weighted by Gasteiger charge is -2.11. The van der Waals surface area contributed by atoms with E-state index in [1.54, 1.807) is 0 Å². The fraction of sp³-hybridized carbons (Fsp3) is 0.562. The van der Waals surface area contributed by atoms with Crippen LogP contribution in [-0.2, 0) is 0 Å². The molecule has 122 valence electrons. The van der Waals surface area contributed by atoms with Crippen molar-refractivity contribution in [3.05, 3.63) is 18.2 Å². The van der Waals surface area contributed by atoms with Crippen LogP contribution < -0.4 is 20.5 Å². The Morgan fingerprint density at radius 3 is 2.64 bits per heavy atom. The number of nitrogens with two attached hydrogens (primary N) is 1. The number of fused-ring (bicyclic) bond motifs is 1. The zero-order chi connectivity index (χ0) is 14.5. The Bertz CT molecular complexity index is 516. The molecule has 5 nitrogen and oxygen atoms in total. The summed E-state index contributed by atoms with van der Waals surface area (Å²) >= 11 is 0. The highest BCUT2D eigenvalue weighted by Gasteiger charge is 2.14. The molecule has 0 aromatic heterocycles. The van der Waals surface area contributed by atoms with Crippen LogP contribution in [0.1, 0.15) is 32.1 Å². The normalized spacial score (nSPS) is 18.5. The van der Waals surface area contributed by atoms with Gasteiger partial charge in [0, 0.05) is 24.7 Å². The summed E-state index contributed by atoms with van der Waals surface area (Å²) in [4.78, 5) is 4.44. The van der Waals surface area contributed by atoms with Gasteiger partial charge in [-0.1, -0.05) is 12.8 Å². The Morgan fingerprint density at radius 1 is 1.14 bits per heavy atom. The number of halogens is 1. The van der Waals surface area contributed by atoms with Crippen molar-refractivity contribution in [1.29, 1.82) is 0 Å². The number of aliphatic imine (C=N–C) groups is 1. The molecule has 2 aliphatic rings. The summed E-state index contributed by atoms with van der Waals surface area (Å²) < 4.78 is 11.3. The van der Waals surface area contributed by atoms with Crippen LogP contribution in [0.2, 0.25) is 0 Å². The molecule has 6 heteroatoms. The minimum Gasteiger partial charge on any atom is -0.490 e. The number of ether oxygens (including phenoxy) is 2. The lowest BCUT2D eigenvalue weighted by molar-refractivity contribution is 0.297. The Kier molecular flexibility index (Phi) is 6.60. The molecule has 1 saturated carbocycles. The highest BCUT2D eigenvalue weighted by Crippen LogP contribution is 2.32. The summed E-state index contributed by atoms with van der Waals surface area (Å²) in [7, 11) is 0. The van der Waals surface area contributed by atoms with E-state index in [9.17, 15) is 0 Å². The highest BCUT2D eigenvalue weighted by molar-refractivity contribution is 14.0. The van der Waals surface area contributed by atoms with Gasteiger partial charge in [-0.15, -0.1) is 24.0 Å². The molecule has 1 aliphatic carbocycles. The molecular formula is C16H24IN3O2. The first-order valence-corrected chi connectivity index (χ1v) is 7.78. The van der Waals surface area contributed by atoms with Crippen LogP contribution in [0.25, 0.3) is 0 Å². The monoisotopic (exact) mass is 417 g/mol. The lowest BCUT2D eigenvalue weighted by atomic mass is 10.1. The van der Waals surface area contributed by atoms with Gasteiger partial charge in [0.25, 0.3) is 0 Å². The van der Waals surface area contributed by atoms with Gasteiger partial charge < -0.3 is 20.5 Å². The summed E-state index contributed by atoms with van der Waals surface area (Å²) in [6.07, 6.45) is 6.12. The van der Waals surface area contributed by atoms with E-state index in [0.717, 1.165) is 30.2 Å². The van der Waals surface area contributed by atoms with Gasteiger partial charge in [-0.05, 0) is 30.9 Å². The lowest BCUT2D eigenvalue weighted by Crippen LogP contribution is -2.23. The van der Waals surface area contributed by atoms with E-state index in [1.165, 1.54) is 25.7 Å². The number of rotatable bonds is 3. The maximum Gasteiger partial charge on any atom is 0.193 e. The quantitative estimate of drug-likeness (QED) is 0.450. The van der Waals surface area contributed by atoms with Gasteiger partial charge in [0.1, 0.15) is 0 Å². The van der Waals surface area contributed by atoms with Gasteiger partial charge in [0.2, 0.25) is 0 Å². The summed E-state index contributed by atoms with van der Waals surface area (Å²) in [6, 6.07) is 5.76. The zero-order valence-corrected chi connectivity index (χ0v) is 15.0. The molecule has 0 radical (unpaired) electrons. The molecular weight excluding hydrogens is 393 g/mol. The van der Waals surface area contributed by atoms with Crippen molar-refractivity contribution >= 4 is 35.6 Å². The molecule has 0 amide bonds. The smallest absolute Gasteiger partial charge is 0.193 e. The number of hydrogen-bond acceptors (Lipinski definition) is 3. The number of nitrogens with zero attached hydrogens (tertiary/aromatic N) is 1. The third-order valence-electron chi connectivity index (χ3n) is 4.01. The van der Waals surface area contributed by atoms with E-state index < -0.39 is 0 Å². The number of nitrogens with one attached hydrogen (secondary N) is 1. The third-order valence-corrected chi connectivity index (χ3v) is 4.01. The number of guanidine groups is 1. The van der Waals surface area contributed by atoms with Crippen LogP contribution in [0.5, 0.6) is 11.5 Å². The van der Waals surface area contributed by atoms with Crippen molar-refractivity contribution in [2.45, 2.75) is 32.1 Å². The second-order valence-electron chi connectivity index (χ2n) is 5.71. The number of benzene rings is 1. The summed E-state index contributed by atoms with van der Waals surface area (Å²) in [6.45, 7) is 2.20. The van der Waals surface area contributed by atoms with Crippen LogP contribution in [0, 0.1) is 5.92 Å². The van der Waals surface area contributed by atoms with Crippen molar-refractivity contribution < 1.29 is 9.47 Å². The fourth-order valence-electron chi connectivity index (χ4n) is 2.85. The molecule has 1 fully saturated rings. The van der Waals surface area contributed by atoms with Crippen LogP contribution in [0.3, 0.4) is 0 Å². The maximum absolute atomic E-state index is 5.96. The maximum atomic E-state index is 5.96. The van der Waals surface area contributed by atoms with Gasteiger partial charge in [0.15, 0.2) is 17.5 Å². The van der Waals surface area contributed by atoms with Crippen LogP contribution in [-0.4, -0.2) is 25.7 Å². The second kappa shape index (κ2) is 8.45. The van der Waals surface area contributed by atoms with Gasteiger partial charge in [-0.25, -0.2) is 0 Å². The largest absolute Gasteiger partial charge is 0.490 e. The van der Waals surface area contributed by atoms with Gasteiger partial charge in [-0.3, -0.25) is 4.99 Å². The van der Waals surface area contributed by atoms with Gasteiger partial charge >= 0.3 is 0 Å². The minimum absolute atomic E-state index is 0.